The molecule has 0 radical (unpaired) electrons. The average Bonchev–Trinajstić information content (AvgIpc) is 1.80. The summed E-state index contributed by atoms with van der Waals surface area (Å²) >= 11 is 15.0. The minimum absolute atomic E-state index is 2.10. The fourth-order valence-corrected chi connectivity index (χ4v) is 3.82. The molecule has 0 saturated heterocycles. The Morgan fingerprint density at radius 2 is 1.23 bits per heavy atom. The van der Waals surface area contributed by atoms with Crippen molar-refractivity contribution >= 4 is 50.0 Å². The molecule has 80 valence electrons. The molecular weight excluding hydrogens is 288 g/mol. The molecule has 0 aromatic heterocycles. The van der Waals surface area contributed by atoms with Gasteiger partial charge in [0.2, 0.25) is 0 Å². The summed E-state index contributed by atoms with van der Waals surface area (Å²) in [7, 11) is -10.7. The Morgan fingerprint density at radius 3 is 1.23 bits per heavy atom. The monoisotopic (exact) mass is 292 g/mol. The standard InChI is InChI=1S/C2H5Cl3O6P2/c3-1(4)2(5,12(6,7)8)13(9,10)11/h1H,(H2,6,7,8)(H2,9,10,11). The average molecular weight is 293 g/mol. The lowest BCUT2D eigenvalue weighted by Crippen LogP contribution is -2.29. The van der Waals surface area contributed by atoms with Gasteiger partial charge >= 0.3 is 15.2 Å². The first-order valence-electron chi connectivity index (χ1n) is 2.53. The van der Waals surface area contributed by atoms with E-state index in [0.717, 1.165) is 0 Å². The van der Waals surface area contributed by atoms with Crippen LogP contribution in [-0.4, -0.2) is 28.8 Å². The highest BCUT2D eigenvalue weighted by atomic mass is 35.5. The molecule has 0 saturated carbocycles. The van der Waals surface area contributed by atoms with Gasteiger partial charge in [-0.05, 0) is 0 Å². The van der Waals surface area contributed by atoms with Gasteiger partial charge in [0.05, 0.1) is 0 Å². The number of hydrogen-bond donors (Lipinski definition) is 4. The summed E-state index contributed by atoms with van der Waals surface area (Å²) in [5.74, 6) is 0. The summed E-state index contributed by atoms with van der Waals surface area (Å²) in [6.07, 6.45) is 0. The highest BCUT2D eigenvalue weighted by Gasteiger charge is 2.63. The zero-order valence-electron chi connectivity index (χ0n) is 5.71. The molecule has 11 heteroatoms. The molecule has 0 aliphatic heterocycles. The van der Waals surface area contributed by atoms with Gasteiger partial charge in [-0.2, -0.15) is 0 Å². The largest absolute Gasteiger partial charge is 0.361 e. The molecule has 0 aliphatic rings. The topological polar surface area (TPSA) is 115 Å². The van der Waals surface area contributed by atoms with Crippen LogP contribution in [0.2, 0.25) is 0 Å². The van der Waals surface area contributed by atoms with Crippen LogP contribution in [-0.2, 0) is 9.13 Å². The first kappa shape index (κ1) is 14.2. The Hall–Kier alpha value is 1.17. The van der Waals surface area contributed by atoms with Crippen molar-refractivity contribution in [3.05, 3.63) is 0 Å². The second-order valence-electron chi connectivity index (χ2n) is 2.03. The second kappa shape index (κ2) is 3.97. The highest BCUT2D eigenvalue weighted by Crippen LogP contribution is 2.74. The van der Waals surface area contributed by atoms with Gasteiger partial charge in [0.1, 0.15) is 4.84 Å². The summed E-state index contributed by atoms with van der Waals surface area (Å²) in [5.41, 5.74) is 0. The predicted octanol–water partition coefficient (Wildman–Crippen LogP) is 1.04. The van der Waals surface area contributed by atoms with Crippen LogP contribution in [0.3, 0.4) is 0 Å². The lowest BCUT2D eigenvalue weighted by Gasteiger charge is -2.28. The van der Waals surface area contributed by atoms with Gasteiger partial charge in [-0.1, -0.05) is 11.6 Å². The highest BCUT2D eigenvalue weighted by molar-refractivity contribution is 7.75. The maximum absolute atomic E-state index is 10.6. The molecule has 0 aromatic carbocycles. The van der Waals surface area contributed by atoms with Crippen LogP contribution in [0.5, 0.6) is 0 Å². The van der Waals surface area contributed by atoms with Crippen molar-refractivity contribution in [1.29, 1.82) is 0 Å². The summed E-state index contributed by atoms with van der Waals surface area (Å²) in [6.45, 7) is 0. The van der Waals surface area contributed by atoms with Crippen molar-refractivity contribution in [2.24, 2.45) is 0 Å². The lowest BCUT2D eigenvalue weighted by atomic mass is 10.9. The molecule has 0 aromatic rings. The van der Waals surface area contributed by atoms with E-state index in [1.165, 1.54) is 0 Å². The van der Waals surface area contributed by atoms with E-state index < -0.39 is 24.4 Å². The van der Waals surface area contributed by atoms with E-state index in [1.54, 1.807) is 0 Å². The molecule has 0 aliphatic carbocycles. The van der Waals surface area contributed by atoms with Crippen molar-refractivity contribution < 1.29 is 28.7 Å². The zero-order valence-corrected chi connectivity index (χ0v) is 9.77. The number of hydrogen-bond acceptors (Lipinski definition) is 2. The first-order valence-corrected chi connectivity index (χ1v) is 7.00. The number of alkyl halides is 3. The van der Waals surface area contributed by atoms with Crippen LogP contribution in [0, 0.1) is 0 Å². The van der Waals surface area contributed by atoms with E-state index in [9.17, 15) is 9.13 Å². The molecule has 0 spiro atoms. The van der Waals surface area contributed by atoms with Crippen LogP contribution >= 0.6 is 50.0 Å². The minimum Gasteiger partial charge on any atom is -0.323 e. The molecule has 0 amide bonds. The molecule has 0 unspecified atom stereocenters. The third-order valence-electron chi connectivity index (χ3n) is 1.09. The molecule has 0 bridgehead atoms. The molecule has 4 N–H and O–H groups in total. The summed E-state index contributed by atoms with van der Waals surface area (Å²) in [6, 6.07) is 0. The van der Waals surface area contributed by atoms with Crippen molar-refractivity contribution in [3.8, 4) is 0 Å². The molecular formula is C2H5Cl3O6P2. The summed E-state index contributed by atoms with van der Waals surface area (Å²) in [4.78, 5) is 32.1. The van der Waals surface area contributed by atoms with Gasteiger partial charge in [-0.25, -0.2) is 0 Å². The molecule has 6 nitrogen and oxygen atoms in total. The fourth-order valence-electron chi connectivity index (χ4n) is 0.424. The Bertz CT molecular complexity index is 256. The van der Waals surface area contributed by atoms with E-state index in [-0.39, 0.29) is 0 Å². The quantitative estimate of drug-likeness (QED) is 0.456. The Balaban J connectivity index is 5.50. The van der Waals surface area contributed by atoms with Crippen LogP contribution in [0.15, 0.2) is 0 Å². The fraction of sp³-hybridized carbons (Fsp3) is 1.00. The van der Waals surface area contributed by atoms with E-state index in [1.807, 2.05) is 0 Å². The van der Waals surface area contributed by atoms with Crippen LogP contribution in [0.25, 0.3) is 0 Å². The van der Waals surface area contributed by atoms with Gasteiger partial charge in [-0.15, -0.1) is 23.2 Å². The number of rotatable bonds is 3. The van der Waals surface area contributed by atoms with E-state index in [0.29, 0.717) is 0 Å². The van der Waals surface area contributed by atoms with Gasteiger partial charge < -0.3 is 19.6 Å². The Morgan fingerprint density at radius 1 is 1.00 bits per heavy atom. The van der Waals surface area contributed by atoms with Crippen molar-refractivity contribution in [3.63, 3.8) is 0 Å². The first-order chi connectivity index (χ1) is 5.44. The summed E-state index contributed by atoms with van der Waals surface area (Å²) < 4.78 is 18.0. The van der Waals surface area contributed by atoms with Gasteiger partial charge in [0, 0.05) is 0 Å². The van der Waals surface area contributed by atoms with Crippen molar-refractivity contribution in [2.45, 2.75) is 9.19 Å². The van der Waals surface area contributed by atoms with Crippen molar-refractivity contribution in [2.75, 3.05) is 0 Å². The predicted molar refractivity (Wildman–Crippen MR) is 48.2 cm³/mol. The maximum Gasteiger partial charge on any atom is 0.361 e. The van der Waals surface area contributed by atoms with Crippen molar-refractivity contribution in [1.82, 2.24) is 0 Å². The van der Waals surface area contributed by atoms with Gasteiger partial charge in [-0.3, -0.25) is 9.13 Å². The Labute approximate surface area is 88.1 Å². The number of halogens is 3. The molecule has 13 heavy (non-hydrogen) atoms. The van der Waals surface area contributed by atoms with Crippen LogP contribution in [0.1, 0.15) is 0 Å². The van der Waals surface area contributed by atoms with Crippen LogP contribution < -0.4 is 0 Å². The van der Waals surface area contributed by atoms with Gasteiger partial charge in [0.15, 0.2) is 0 Å². The summed E-state index contributed by atoms with van der Waals surface area (Å²) in [5, 5.41) is 0. The smallest absolute Gasteiger partial charge is 0.323 e. The molecule has 0 rings (SSSR count). The third-order valence-corrected chi connectivity index (χ3v) is 7.83. The molecule has 0 atom stereocenters. The zero-order chi connectivity index (χ0) is 11.1. The normalized spacial score (nSPS) is 15.1. The SMILES string of the molecule is O=P(O)(O)C(Cl)(C(Cl)Cl)P(=O)(O)O. The second-order valence-corrected chi connectivity index (χ2v) is 8.18. The van der Waals surface area contributed by atoms with E-state index >= 15 is 0 Å². The maximum atomic E-state index is 10.6. The minimum atomic E-state index is -5.33. The molecule has 0 heterocycles. The lowest BCUT2D eigenvalue weighted by molar-refractivity contribution is 0.333. The molecule has 0 fully saturated rings. The van der Waals surface area contributed by atoms with Gasteiger partial charge in [0.25, 0.3) is 4.36 Å². The third kappa shape index (κ3) is 2.59. The van der Waals surface area contributed by atoms with E-state index in [2.05, 4.69) is 0 Å². The Kier molecular flexibility index (Phi) is 4.33. The van der Waals surface area contributed by atoms with Crippen LogP contribution in [0.4, 0.5) is 0 Å². The van der Waals surface area contributed by atoms with E-state index in [4.69, 9.17) is 54.4 Å².